The first-order valence-corrected chi connectivity index (χ1v) is 6.19. The van der Waals surface area contributed by atoms with Gasteiger partial charge in [-0.15, -0.1) is 0 Å². The van der Waals surface area contributed by atoms with Crippen LogP contribution in [-0.2, 0) is 6.42 Å². The van der Waals surface area contributed by atoms with Crippen LogP contribution in [0.4, 0.5) is 4.39 Å². The van der Waals surface area contributed by atoms with Gasteiger partial charge in [0.1, 0.15) is 10.8 Å². The summed E-state index contributed by atoms with van der Waals surface area (Å²) in [6.45, 7) is 2.07. The van der Waals surface area contributed by atoms with Gasteiger partial charge in [0, 0.05) is 5.56 Å². The van der Waals surface area contributed by atoms with E-state index in [0.717, 1.165) is 27.6 Å². The Morgan fingerprint density at radius 2 is 2.06 bits per heavy atom. The molecule has 0 saturated heterocycles. The van der Waals surface area contributed by atoms with E-state index < -0.39 is 0 Å². The molecule has 1 aromatic carbocycles. The fourth-order valence-electron chi connectivity index (χ4n) is 1.64. The summed E-state index contributed by atoms with van der Waals surface area (Å²) in [7, 11) is 0. The van der Waals surface area contributed by atoms with Crippen LogP contribution in [-0.4, -0.2) is 14.6 Å². The molecule has 0 saturated carbocycles. The standard InChI is InChI=1S/C12H10FN3S/c1-2-11-15-16-7-10(14-12(16)17-11)8-3-5-9(13)6-4-8/h3-7H,2H2,1H3. The lowest BCUT2D eigenvalue weighted by atomic mass is 10.2. The van der Waals surface area contributed by atoms with Crippen LogP contribution in [0.1, 0.15) is 11.9 Å². The monoisotopic (exact) mass is 247 g/mol. The number of rotatable bonds is 2. The number of hydrogen-bond acceptors (Lipinski definition) is 3. The number of fused-ring (bicyclic) bond motifs is 1. The molecule has 3 nitrogen and oxygen atoms in total. The van der Waals surface area contributed by atoms with Crippen molar-refractivity contribution < 1.29 is 4.39 Å². The Labute approximate surface area is 102 Å². The van der Waals surface area contributed by atoms with E-state index in [2.05, 4.69) is 17.0 Å². The van der Waals surface area contributed by atoms with Crippen LogP contribution in [0.2, 0.25) is 0 Å². The first kappa shape index (κ1) is 10.4. The normalized spacial score (nSPS) is 11.2. The van der Waals surface area contributed by atoms with Crippen molar-refractivity contribution in [3.8, 4) is 11.3 Å². The molecular formula is C12H10FN3S. The number of aryl methyl sites for hydroxylation is 1. The van der Waals surface area contributed by atoms with Crippen molar-refractivity contribution in [1.82, 2.24) is 14.6 Å². The second-order valence-corrected chi connectivity index (χ2v) is 4.75. The van der Waals surface area contributed by atoms with E-state index in [-0.39, 0.29) is 5.82 Å². The Balaban J connectivity index is 2.06. The minimum absolute atomic E-state index is 0.235. The third-order valence-corrected chi connectivity index (χ3v) is 3.59. The summed E-state index contributed by atoms with van der Waals surface area (Å²) >= 11 is 1.58. The summed E-state index contributed by atoms with van der Waals surface area (Å²) in [6, 6.07) is 6.33. The fourth-order valence-corrected chi connectivity index (χ4v) is 2.46. The van der Waals surface area contributed by atoms with Gasteiger partial charge in [0.15, 0.2) is 0 Å². The molecule has 0 radical (unpaired) electrons. The Morgan fingerprint density at radius 1 is 1.29 bits per heavy atom. The average molecular weight is 247 g/mol. The topological polar surface area (TPSA) is 30.2 Å². The molecule has 0 fully saturated rings. The van der Waals surface area contributed by atoms with E-state index in [4.69, 9.17) is 0 Å². The SMILES string of the molecule is CCc1nn2cc(-c3ccc(F)cc3)nc2s1. The van der Waals surface area contributed by atoms with Crippen molar-refractivity contribution in [2.24, 2.45) is 0 Å². The zero-order valence-corrected chi connectivity index (χ0v) is 10.0. The first-order chi connectivity index (χ1) is 8.26. The van der Waals surface area contributed by atoms with Crippen molar-refractivity contribution in [3.05, 3.63) is 41.3 Å². The molecule has 0 aliphatic rings. The zero-order chi connectivity index (χ0) is 11.8. The second kappa shape index (κ2) is 3.92. The van der Waals surface area contributed by atoms with Crippen LogP contribution in [0.25, 0.3) is 16.2 Å². The Kier molecular flexibility index (Phi) is 2.40. The van der Waals surface area contributed by atoms with Crippen molar-refractivity contribution in [1.29, 1.82) is 0 Å². The maximum Gasteiger partial charge on any atom is 0.212 e. The summed E-state index contributed by atoms with van der Waals surface area (Å²) in [5.41, 5.74) is 1.73. The molecule has 0 aliphatic heterocycles. The van der Waals surface area contributed by atoms with Crippen LogP contribution in [0.3, 0.4) is 0 Å². The highest BCUT2D eigenvalue weighted by molar-refractivity contribution is 7.16. The molecule has 0 bridgehead atoms. The van der Waals surface area contributed by atoms with E-state index in [0.29, 0.717) is 0 Å². The van der Waals surface area contributed by atoms with Gasteiger partial charge in [0.2, 0.25) is 4.96 Å². The summed E-state index contributed by atoms with van der Waals surface area (Å²) in [5.74, 6) is -0.235. The van der Waals surface area contributed by atoms with Gasteiger partial charge in [-0.05, 0) is 30.7 Å². The van der Waals surface area contributed by atoms with Crippen LogP contribution >= 0.6 is 11.3 Å². The lowest BCUT2D eigenvalue weighted by Gasteiger charge is -1.94. The molecule has 0 atom stereocenters. The van der Waals surface area contributed by atoms with Gasteiger partial charge in [-0.25, -0.2) is 13.9 Å². The van der Waals surface area contributed by atoms with Crippen LogP contribution in [0.15, 0.2) is 30.5 Å². The van der Waals surface area contributed by atoms with Crippen LogP contribution in [0.5, 0.6) is 0 Å². The lowest BCUT2D eigenvalue weighted by Crippen LogP contribution is -1.83. The molecule has 2 aromatic heterocycles. The Bertz CT molecular complexity index is 623. The molecule has 5 heteroatoms. The van der Waals surface area contributed by atoms with Gasteiger partial charge in [0.25, 0.3) is 0 Å². The molecule has 0 aliphatic carbocycles. The number of halogens is 1. The van der Waals surface area contributed by atoms with E-state index >= 15 is 0 Å². The lowest BCUT2D eigenvalue weighted by molar-refractivity contribution is 0.628. The zero-order valence-electron chi connectivity index (χ0n) is 9.22. The number of imidazole rings is 1. The van der Waals surface area contributed by atoms with E-state index in [9.17, 15) is 4.39 Å². The quantitative estimate of drug-likeness (QED) is 0.696. The minimum Gasteiger partial charge on any atom is -0.217 e. The Hall–Kier alpha value is -1.75. The van der Waals surface area contributed by atoms with Crippen molar-refractivity contribution in [2.45, 2.75) is 13.3 Å². The number of nitrogens with zero attached hydrogens (tertiary/aromatic N) is 3. The predicted octanol–water partition coefficient (Wildman–Crippen LogP) is 3.16. The highest BCUT2D eigenvalue weighted by atomic mass is 32.1. The van der Waals surface area contributed by atoms with Crippen molar-refractivity contribution >= 4 is 16.3 Å². The van der Waals surface area contributed by atoms with Crippen LogP contribution in [0, 0.1) is 5.82 Å². The maximum atomic E-state index is 12.8. The molecule has 3 aromatic rings. The molecule has 3 rings (SSSR count). The smallest absolute Gasteiger partial charge is 0.212 e. The van der Waals surface area contributed by atoms with Crippen molar-refractivity contribution in [3.63, 3.8) is 0 Å². The van der Waals surface area contributed by atoms with E-state index in [1.807, 2.05) is 6.20 Å². The molecule has 0 N–H and O–H groups in total. The van der Waals surface area contributed by atoms with Gasteiger partial charge < -0.3 is 0 Å². The fraction of sp³-hybridized carbons (Fsp3) is 0.167. The molecular weight excluding hydrogens is 237 g/mol. The summed E-state index contributed by atoms with van der Waals surface area (Å²) < 4.78 is 14.6. The highest BCUT2D eigenvalue weighted by Gasteiger charge is 2.08. The summed E-state index contributed by atoms with van der Waals surface area (Å²) in [6.07, 6.45) is 2.79. The van der Waals surface area contributed by atoms with Crippen LogP contribution < -0.4 is 0 Å². The maximum absolute atomic E-state index is 12.8. The van der Waals surface area contributed by atoms with E-state index in [1.54, 1.807) is 28.0 Å². The molecule has 0 amide bonds. The van der Waals surface area contributed by atoms with Crippen molar-refractivity contribution in [2.75, 3.05) is 0 Å². The van der Waals surface area contributed by atoms with Gasteiger partial charge >= 0.3 is 0 Å². The minimum atomic E-state index is -0.235. The summed E-state index contributed by atoms with van der Waals surface area (Å²) in [5, 5.41) is 5.46. The van der Waals surface area contributed by atoms with Gasteiger partial charge in [-0.2, -0.15) is 5.10 Å². The Morgan fingerprint density at radius 3 is 2.71 bits per heavy atom. The largest absolute Gasteiger partial charge is 0.217 e. The number of hydrogen-bond donors (Lipinski definition) is 0. The highest BCUT2D eigenvalue weighted by Crippen LogP contribution is 2.22. The molecule has 86 valence electrons. The van der Waals surface area contributed by atoms with E-state index in [1.165, 1.54) is 12.1 Å². The third kappa shape index (κ3) is 1.82. The number of aromatic nitrogens is 3. The predicted molar refractivity (Wildman–Crippen MR) is 65.6 cm³/mol. The molecule has 2 heterocycles. The first-order valence-electron chi connectivity index (χ1n) is 5.37. The van der Waals surface area contributed by atoms with Gasteiger partial charge in [-0.3, -0.25) is 0 Å². The number of benzene rings is 1. The van der Waals surface area contributed by atoms with Gasteiger partial charge in [0.05, 0.1) is 11.9 Å². The third-order valence-electron chi connectivity index (χ3n) is 2.53. The average Bonchev–Trinajstić information content (AvgIpc) is 2.87. The second-order valence-electron chi connectivity index (χ2n) is 3.71. The molecule has 0 spiro atoms. The molecule has 17 heavy (non-hydrogen) atoms. The van der Waals surface area contributed by atoms with Gasteiger partial charge in [-0.1, -0.05) is 18.3 Å². The summed E-state index contributed by atoms with van der Waals surface area (Å²) in [4.78, 5) is 5.35. The molecule has 0 unspecified atom stereocenters.